The predicted molar refractivity (Wildman–Crippen MR) is 122 cm³/mol. The van der Waals surface area contributed by atoms with Crippen molar-refractivity contribution in [1.29, 1.82) is 0 Å². The number of unbranched alkanes of at least 4 members (excludes halogenated alkanes) is 2. The fraction of sp³-hybridized carbons (Fsp3) is 0.480. The highest BCUT2D eigenvalue weighted by molar-refractivity contribution is 7.99. The summed E-state index contributed by atoms with van der Waals surface area (Å²) in [4.78, 5) is 13.1. The summed E-state index contributed by atoms with van der Waals surface area (Å²) in [5.74, 6) is 1.56. The maximum Gasteiger partial charge on any atom is 0.341 e. The van der Waals surface area contributed by atoms with Gasteiger partial charge < -0.3 is 9.47 Å². The summed E-state index contributed by atoms with van der Waals surface area (Å²) < 4.78 is 10.6. The molecule has 2 aromatic carbocycles. The molecule has 0 fully saturated rings. The van der Waals surface area contributed by atoms with Gasteiger partial charge in [-0.25, -0.2) is 4.79 Å². The monoisotopic (exact) mass is 414 g/mol. The van der Waals surface area contributed by atoms with Gasteiger partial charge in [0, 0.05) is 4.90 Å². The van der Waals surface area contributed by atoms with Gasteiger partial charge in [-0.15, -0.1) is 11.8 Å². The number of carbonyl (C=O) groups excluding carboxylic acids is 1. The van der Waals surface area contributed by atoms with E-state index in [4.69, 9.17) is 9.47 Å². The van der Waals surface area contributed by atoms with Crippen LogP contribution < -0.4 is 4.74 Å². The van der Waals surface area contributed by atoms with Crippen LogP contribution in [0.4, 0.5) is 0 Å². The molecule has 0 spiro atoms. The quantitative estimate of drug-likeness (QED) is 0.365. The summed E-state index contributed by atoms with van der Waals surface area (Å²) in [6.07, 6.45) is 4.60. The largest absolute Gasteiger partial charge is 0.493 e. The van der Waals surface area contributed by atoms with Crippen molar-refractivity contribution in [3.8, 4) is 5.75 Å². The van der Waals surface area contributed by atoms with Crippen molar-refractivity contribution in [2.24, 2.45) is 0 Å². The molecular weight excluding hydrogens is 380 g/mol. The lowest BCUT2D eigenvalue weighted by Gasteiger charge is -2.31. The third-order valence-electron chi connectivity index (χ3n) is 4.99. The van der Waals surface area contributed by atoms with E-state index in [-0.39, 0.29) is 5.97 Å². The van der Waals surface area contributed by atoms with Gasteiger partial charge in [-0.3, -0.25) is 0 Å². The number of esters is 1. The maximum atomic E-state index is 11.7. The smallest absolute Gasteiger partial charge is 0.341 e. The molecule has 29 heavy (non-hydrogen) atoms. The molecule has 0 saturated carbocycles. The molecule has 0 atom stereocenters. The van der Waals surface area contributed by atoms with E-state index < -0.39 is 0 Å². The first-order valence-corrected chi connectivity index (χ1v) is 11.6. The van der Waals surface area contributed by atoms with Crippen molar-refractivity contribution in [3.05, 3.63) is 59.7 Å². The normalized spacial score (nSPS) is 14.2. The van der Waals surface area contributed by atoms with Gasteiger partial charge in [-0.2, -0.15) is 0 Å². The first-order valence-electron chi connectivity index (χ1n) is 10.6. The Bertz CT molecular complexity index is 770. The lowest BCUT2D eigenvalue weighted by Crippen LogP contribution is -2.22. The molecular formula is C25H34O3S. The topological polar surface area (TPSA) is 35.5 Å². The highest BCUT2D eigenvalue weighted by atomic mass is 32.2. The highest BCUT2D eigenvalue weighted by Crippen LogP contribution is 2.40. The molecule has 0 aromatic heterocycles. The van der Waals surface area contributed by atoms with Crippen molar-refractivity contribution >= 4 is 17.7 Å². The van der Waals surface area contributed by atoms with Crippen LogP contribution in [-0.4, -0.2) is 24.9 Å². The molecule has 0 aliphatic carbocycles. The summed E-state index contributed by atoms with van der Waals surface area (Å²) in [5, 5.41) is 0. The zero-order chi connectivity index (χ0) is 21.1. The van der Waals surface area contributed by atoms with Crippen molar-refractivity contribution in [3.63, 3.8) is 0 Å². The van der Waals surface area contributed by atoms with Gasteiger partial charge in [0.05, 0.1) is 13.2 Å². The SMILES string of the molecule is CC1(C)CCSc2ccccc21.CCCCCOc1ccccc1C(=O)OCC. The van der Waals surface area contributed by atoms with Crippen LogP contribution >= 0.6 is 11.8 Å². The Balaban J connectivity index is 0.000000218. The number of thioether (sulfide) groups is 1. The molecule has 1 aliphatic rings. The van der Waals surface area contributed by atoms with E-state index in [9.17, 15) is 4.79 Å². The molecule has 0 bridgehead atoms. The van der Waals surface area contributed by atoms with Crippen LogP contribution in [0.1, 0.15) is 69.3 Å². The molecule has 0 N–H and O–H groups in total. The predicted octanol–water partition coefficient (Wildman–Crippen LogP) is 6.89. The molecule has 2 aromatic rings. The Morgan fingerprint density at radius 3 is 2.48 bits per heavy atom. The Morgan fingerprint density at radius 2 is 1.76 bits per heavy atom. The van der Waals surface area contributed by atoms with Gasteiger partial charge in [-0.05, 0) is 54.7 Å². The van der Waals surface area contributed by atoms with Crippen LogP contribution in [0, 0.1) is 0 Å². The average Bonchev–Trinajstić information content (AvgIpc) is 2.72. The molecule has 3 nitrogen and oxygen atoms in total. The molecule has 158 valence electrons. The fourth-order valence-electron chi connectivity index (χ4n) is 3.21. The van der Waals surface area contributed by atoms with Gasteiger partial charge >= 0.3 is 5.97 Å². The molecule has 0 saturated heterocycles. The van der Waals surface area contributed by atoms with Crippen LogP contribution in [0.25, 0.3) is 0 Å². The number of para-hydroxylation sites is 1. The third kappa shape index (κ3) is 7.11. The van der Waals surface area contributed by atoms with E-state index in [0.717, 1.165) is 19.3 Å². The first kappa shape index (κ1) is 23.3. The molecule has 1 aliphatic heterocycles. The molecule has 0 radical (unpaired) electrons. The van der Waals surface area contributed by atoms with Crippen molar-refractivity contribution in [1.82, 2.24) is 0 Å². The van der Waals surface area contributed by atoms with Crippen LogP contribution in [0.3, 0.4) is 0 Å². The standard InChI is InChI=1S/C14H20O3.C11H14S/c1-3-5-8-11-17-13-10-7-6-9-12(13)14(15)16-4-2;1-11(2)7-8-12-10-6-4-3-5-9(10)11/h6-7,9-10H,3-5,8,11H2,1-2H3;3-6H,7-8H2,1-2H3. The second-order valence-electron chi connectivity index (χ2n) is 7.75. The molecule has 3 rings (SSSR count). The minimum atomic E-state index is -0.321. The maximum absolute atomic E-state index is 11.7. The van der Waals surface area contributed by atoms with Crippen LogP contribution in [0.15, 0.2) is 53.4 Å². The minimum absolute atomic E-state index is 0.321. The van der Waals surface area contributed by atoms with Gasteiger partial charge in [-0.1, -0.05) is 63.9 Å². The van der Waals surface area contributed by atoms with Crippen LogP contribution in [-0.2, 0) is 10.2 Å². The minimum Gasteiger partial charge on any atom is -0.493 e. The first-order chi connectivity index (χ1) is 14.0. The van der Waals surface area contributed by atoms with Gasteiger partial charge in [0.2, 0.25) is 0 Å². The van der Waals surface area contributed by atoms with Crippen molar-refractivity contribution in [2.45, 2.75) is 63.7 Å². The Morgan fingerprint density at radius 1 is 1.03 bits per heavy atom. The summed E-state index contributed by atoms with van der Waals surface area (Å²) in [7, 11) is 0. The van der Waals surface area contributed by atoms with Crippen molar-refractivity contribution in [2.75, 3.05) is 19.0 Å². The zero-order valence-corrected chi connectivity index (χ0v) is 19.0. The van der Waals surface area contributed by atoms with Crippen LogP contribution in [0.5, 0.6) is 5.75 Å². The van der Waals surface area contributed by atoms with Gasteiger partial charge in [0.25, 0.3) is 0 Å². The Kier molecular flexibility index (Phi) is 9.59. The summed E-state index contributed by atoms with van der Waals surface area (Å²) in [6.45, 7) is 9.64. The van der Waals surface area contributed by atoms with E-state index in [1.807, 2.05) is 23.9 Å². The average molecular weight is 415 g/mol. The van der Waals surface area contributed by atoms with E-state index >= 15 is 0 Å². The fourth-order valence-corrected chi connectivity index (χ4v) is 4.71. The van der Waals surface area contributed by atoms with Gasteiger partial charge in [0.1, 0.15) is 11.3 Å². The Labute approximate surface area is 180 Å². The summed E-state index contributed by atoms with van der Waals surface area (Å²) in [5.41, 5.74) is 2.43. The molecule has 4 heteroatoms. The van der Waals surface area contributed by atoms with Crippen LogP contribution in [0.2, 0.25) is 0 Å². The third-order valence-corrected chi connectivity index (χ3v) is 6.06. The number of ether oxygens (including phenoxy) is 2. The molecule has 1 heterocycles. The molecule has 0 unspecified atom stereocenters. The van der Waals surface area contributed by atoms with Gasteiger partial charge in [0.15, 0.2) is 0 Å². The number of carbonyl (C=O) groups is 1. The summed E-state index contributed by atoms with van der Waals surface area (Å²) >= 11 is 1.99. The zero-order valence-electron chi connectivity index (χ0n) is 18.2. The van der Waals surface area contributed by atoms with E-state index in [1.54, 1.807) is 19.1 Å². The lowest BCUT2D eigenvalue weighted by atomic mass is 9.82. The van der Waals surface area contributed by atoms with E-state index in [2.05, 4.69) is 45.0 Å². The van der Waals surface area contributed by atoms with E-state index in [0.29, 0.717) is 29.9 Å². The summed E-state index contributed by atoms with van der Waals surface area (Å²) in [6, 6.07) is 16.0. The highest BCUT2D eigenvalue weighted by Gasteiger charge is 2.26. The second-order valence-corrected chi connectivity index (χ2v) is 8.89. The number of hydrogen-bond acceptors (Lipinski definition) is 4. The Hall–Kier alpha value is -1.94. The second kappa shape index (κ2) is 11.9. The number of benzene rings is 2. The number of hydrogen-bond donors (Lipinski definition) is 0. The molecule has 0 amide bonds. The number of fused-ring (bicyclic) bond motifs is 1. The van der Waals surface area contributed by atoms with Crippen molar-refractivity contribution < 1.29 is 14.3 Å². The lowest BCUT2D eigenvalue weighted by molar-refractivity contribution is 0.0521. The van der Waals surface area contributed by atoms with E-state index in [1.165, 1.54) is 22.6 Å². The number of rotatable bonds is 7.